The Balaban J connectivity index is 2.38. The van der Waals surface area contributed by atoms with Gasteiger partial charge in [0.15, 0.2) is 0 Å². The van der Waals surface area contributed by atoms with E-state index in [-0.39, 0.29) is 12.5 Å². The first-order chi connectivity index (χ1) is 8.60. The van der Waals surface area contributed by atoms with Crippen molar-refractivity contribution in [2.24, 2.45) is 0 Å². The number of hydrogen-bond donors (Lipinski definition) is 1. The van der Waals surface area contributed by atoms with E-state index in [4.69, 9.17) is 5.11 Å². The van der Waals surface area contributed by atoms with Crippen LogP contribution < -0.4 is 0 Å². The standard InChI is InChI=1S/C13H24N2O3/c1-3-8-15-11(4-2)10-14(13(15)18)9-6-5-7-12(16)17/h11H,3-10H2,1-2H3,(H,16,17)/t11-/m0/s1. The van der Waals surface area contributed by atoms with Gasteiger partial charge in [-0.2, -0.15) is 0 Å². The van der Waals surface area contributed by atoms with Gasteiger partial charge in [-0.05, 0) is 25.7 Å². The number of carbonyl (C=O) groups is 2. The molecule has 1 heterocycles. The molecule has 1 fully saturated rings. The third-order valence-electron chi connectivity index (χ3n) is 3.39. The molecule has 0 unspecified atom stereocenters. The van der Waals surface area contributed by atoms with Crippen LogP contribution in [0.1, 0.15) is 46.0 Å². The first kappa shape index (κ1) is 14.8. The Morgan fingerprint density at radius 1 is 1.33 bits per heavy atom. The molecule has 0 bridgehead atoms. The van der Waals surface area contributed by atoms with Crippen molar-refractivity contribution in [2.75, 3.05) is 19.6 Å². The predicted octanol–water partition coefficient (Wildman–Crippen LogP) is 2.17. The summed E-state index contributed by atoms with van der Waals surface area (Å²) >= 11 is 0. The zero-order chi connectivity index (χ0) is 13.5. The fourth-order valence-electron chi connectivity index (χ4n) is 2.40. The van der Waals surface area contributed by atoms with Gasteiger partial charge in [0.2, 0.25) is 0 Å². The van der Waals surface area contributed by atoms with Gasteiger partial charge in [0.05, 0.1) is 6.04 Å². The second-order valence-corrected chi connectivity index (χ2v) is 4.83. The van der Waals surface area contributed by atoms with Crippen molar-refractivity contribution >= 4 is 12.0 Å². The molecule has 0 radical (unpaired) electrons. The Morgan fingerprint density at radius 3 is 2.61 bits per heavy atom. The summed E-state index contributed by atoms with van der Waals surface area (Å²) in [6.45, 7) is 6.48. The summed E-state index contributed by atoms with van der Waals surface area (Å²) in [5, 5.41) is 8.56. The fourth-order valence-corrected chi connectivity index (χ4v) is 2.40. The number of carbonyl (C=O) groups excluding carboxylic acids is 1. The summed E-state index contributed by atoms with van der Waals surface area (Å²) in [5.41, 5.74) is 0. The number of amides is 2. The van der Waals surface area contributed by atoms with E-state index in [0.717, 1.165) is 32.4 Å². The van der Waals surface area contributed by atoms with Crippen molar-refractivity contribution < 1.29 is 14.7 Å². The number of hydrogen-bond acceptors (Lipinski definition) is 2. The Hall–Kier alpha value is -1.26. The van der Waals surface area contributed by atoms with E-state index in [1.165, 1.54) is 0 Å². The van der Waals surface area contributed by atoms with E-state index >= 15 is 0 Å². The lowest BCUT2D eigenvalue weighted by atomic mass is 10.2. The van der Waals surface area contributed by atoms with Crippen LogP contribution in [-0.4, -0.2) is 52.6 Å². The lowest BCUT2D eigenvalue weighted by Crippen LogP contribution is -2.35. The third-order valence-corrected chi connectivity index (χ3v) is 3.39. The van der Waals surface area contributed by atoms with Crippen LogP contribution >= 0.6 is 0 Å². The minimum Gasteiger partial charge on any atom is -0.481 e. The van der Waals surface area contributed by atoms with E-state index in [0.29, 0.717) is 19.0 Å². The molecule has 1 rings (SSSR count). The average Bonchev–Trinajstić information content (AvgIpc) is 2.63. The summed E-state index contributed by atoms with van der Waals surface area (Å²) in [6, 6.07) is 0.455. The first-order valence-corrected chi connectivity index (χ1v) is 6.87. The molecule has 1 N–H and O–H groups in total. The lowest BCUT2D eigenvalue weighted by molar-refractivity contribution is -0.137. The average molecular weight is 256 g/mol. The molecule has 18 heavy (non-hydrogen) atoms. The second-order valence-electron chi connectivity index (χ2n) is 4.83. The molecule has 104 valence electrons. The van der Waals surface area contributed by atoms with E-state index < -0.39 is 5.97 Å². The Morgan fingerprint density at radius 2 is 2.06 bits per heavy atom. The monoisotopic (exact) mass is 256 g/mol. The van der Waals surface area contributed by atoms with Gasteiger partial charge in [-0.1, -0.05) is 13.8 Å². The minimum atomic E-state index is -0.762. The molecule has 2 amide bonds. The molecule has 1 saturated heterocycles. The van der Waals surface area contributed by atoms with Crippen molar-refractivity contribution in [1.29, 1.82) is 0 Å². The molecule has 0 saturated carbocycles. The van der Waals surface area contributed by atoms with Gasteiger partial charge in [-0.15, -0.1) is 0 Å². The van der Waals surface area contributed by atoms with Gasteiger partial charge in [0, 0.05) is 26.1 Å². The third kappa shape index (κ3) is 3.89. The van der Waals surface area contributed by atoms with Crippen LogP contribution in [0, 0.1) is 0 Å². The number of urea groups is 1. The van der Waals surface area contributed by atoms with Gasteiger partial charge >= 0.3 is 12.0 Å². The molecule has 0 aromatic heterocycles. The van der Waals surface area contributed by atoms with E-state index in [1.54, 1.807) is 0 Å². The maximum atomic E-state index is 12.1. The molecular formula is C13H24N2O3. The van der Waals surface area contributed by atoms with Crippen LogP contribution in [0.5, 0.6) is 0 Å². The van der Waals surface area contributed by atoms with Crippen molar-refractivity contribution in [3.8, 4) is 0 Å². The van der Waals surface area contributed by atoms with Crippen LogP contribution in [-0.2, 0) is 4.79 Å². The predicted molar refractivity (Wildman–Crippen MR) is 69.5 cm³/mol. The smallest absolute Gasteiger partial charge is 0.320 e. The highest BCUT2D eigenvalue weighted by Gasteiger charge is 2.34. The maximum Gasteiger partial charge on any atom is 0.320 e. The first-order valence-electron chi connectivity index (χ1n) is 6.87. The fraction of sp³-hybridized carbons (Fsp3) is 0.846. The molecule has 0 aromatic rings. The van der Waals surface area contributed by atoms with Crippen molar-refractivity contribution in [1.82, 2.24) is 9.80 Å². The van der Waals surface area contributed by atoms with Crippen LogP contribution in [0.3, 0.4) is 0 Å². The van der Waals surface area contributed by atoms with Gasteiger partial charge in [0.1, 0.15) is 0 Å². The number of carboxylic acids is 1. The Kier molecular flexibility index (Phi) is 5.95. The van der Waals surface area contributed by atoms with Gasteiger partial charge in [-0.25, -0.2) is 4.79 Å². The van der Waals surface area contributed by atoms with E-state index in [9.17, 15) is 9.59 Å². The molecule has 5 heteroatoms. The van der Waals surface area contributed by atoms with Gasteiger partial charge < -0.3 is 14.9 Å². The van der Waals surface area contributed by atoms with Crippen LogP contribution in [0.25, 0.3) is 0 Å². The lowest BCUT2D eigenvalue weighted by Gasteiger charge is -2.21. The molecular weight excluding hydrogens is 232 g/mol. The number of rotatable bonds is 8. The summed E-state index contributed by atoms with van der Waals surface area (Å²) in [6.07, 6.45) is 3.57. The maximum absolute atomic E-state index is 12.1. The summed E-state index contributed by atoms with van der Waals surface area (Å²) in [5.74, 6) is -0.762. The van der Waals surface area contributed by atoms with E-state index in [1.807, 2.05) is 9.80 Å². The van der Waals surface area contributed by atoms with Crippen LogP contribution in [0.15, 0.2) is 0 Å². The highest BCUT2D eigenvalue weighted by atomic mass is 16.4. The topological polar surface area (TPSA) is 60.9 Å². The number of carboxylic acid groups (broad SMARTS) is 1. The molecule has 0 aromatic carbocycles. The summed E-state index contributed by atoms with van der Waals surface area (Å²) < 4.78 is 0. The zero-order valence-corrected chi connectivity index (χ0v) is 11.4. The number of nitrogens with zero attached hydrogens (tertiary/aromatic N) is 2. The molecule has 5 nitrogen and oxygen atoms in total. The minimum absolute atomic E-state index is 0.124. The quantitative estimate of drug-likeness (QED) is 0.677. The molecule has 1 aliphatic heterocycles. The summed E-state index contributed by atoms with van der Waals surface area (Å²) in [4.78, 5) is 26.4. The Bertz CT molecular complexity index is 294. The number of unbranched alkanes of at least 4 members (excludes halogenated alkanes) is 1. The zero-order valence-electron chi connectivity index (χ0n) is 11.4. The van der Waals surface area contributed by atoms with Gasteiger partial charge in [-0.3, -0.25) is 4.79 Å². The van der Waals surface area contributed by atoms with Crippen LogP contribution in [0.4, 0.5) is 4.79 Å². The van der Waals surface area contributed by atoms with Crippen molar-refractivity contribution in [3.05, 3.63) is 0 Å². The van der Waals surface area contributed by atoms with Gasteiger partial charge in [0.25, 0.3) is 0 Å². The highest BCUT2D eigenvalue weighted by molar-refractivity contribution is 5.77. The Labute approximate surface area is 109 Å². The van der Waals surface area contributed by atoms with Crippen molar-refractivity contribution in [3.63, 3.8) is 0 Å². The van der Waals surface area contributed by atoms with Crippen molar-refractivity contribution in [2.45, 2.75) is 52.0 Å². The highest BCUT2D eigenvalue weighted by Crippen LogP contribution is 2.19. The normalized spacial score (nSPS) is 19.7. The van der Waals surface area contributed by atoms with Crippen LogP contribution in [0.2, 0.25) is 0 Å². The number of aliphatic carboxylic acids is 1. The SMILES string of the molecule is CCCN1C(=O)N(CCCCC(=O)O)C[C@@H]1CC. The second kappa shape index (κ2) is 7.24. The van der Waals surface area contributed by atoms with E-state index in [2.05, 4.69) is 13.8 Å². The largest absolute Gasteiger partial charge is 0.481 e. The molecule has 0 spiro atoms. The molecule has 1 aliphatic rings. The summed E-state index contributed by atoms with van der Waals surface area (Å²) in [7, 11) is 0. The molecule has 1 atom stereocenters. The molecule has 0 aliphatic carbocycles.